The van der Waals surface area contributed by atoms with Gasteiger partial charge in [-0.25, -0.2) is 14.3 Å². The van der Waals surface area contributed by atoms with E-state index in [9.17, 15) is 4.79 Å². The molecule has 0 saturated heterocycles. The average molecular weight is 285 g/mol. The van der Waals surface area contributed by atoms with Gasteiger partial charge in [0, 0.05) is 16.6 Å². The van der Waals surface area contributed by atoms with Gasteiger partial charge in [0.1, 0.15) is 4.88 Å². The van der Waals surface area contributed by atoms with Gasteiger partial charge < -0.3 is 4.74 Å². The van der Waals surface area contributed by atoms with Crippen LogP contribution in [0.2, 0.25) is 0 Å². The Bertz CT molecular complexity index is 804. The lowest BCUT2D eigenvalue weighted by molar-refractivity contribution is 0.0606. The molecule has 0 saturated carbocycles. The number of thiophene rings is 1. The zero-order valence-electron chi connectivity index (χ0n) is 10.7. The number of carbonyl (C=O) groups excluding carboxylic acids is 1. The summed E-state index contributed by atoms with van der Waals surface area (Å²) < 4.78 is 6.49. The normalized spacial score (nSPS) is 10.7. The van der Waals surface area contributed by atoms with Crippen molar-refractivity contribution >= 4 is 29.0 Å². The zero-order valence-corrected chi connectivity index (χ0v) is 11.6. The number of rotatable bonds is 3. The number of hydrogen-bond acceptors (Lipinski definition) is 5. The van der Waals surface area contributed by atoms with E-state index in [1.54, 1.807) is 29.1 Å². The highest BCUT2D eigenvalue weighted by molar-refractivity contribution is 7.15. The molecule has 0 aliphatic rings. The van der Waals surface area contributed by atoms with Crippen molar-refractivity contribution in [2.24, 2.45) is 0 Å². The van der Waals surface area contributed by atoms with Crippen LogP contribution in [-0.4, -0.2) is 27.7 Å². The molecule has 3 aromatic rings. The Labute approximate surface area is 119 Å². The minimum Gasteiger partial charge on any atom is -0.465 e. The van der Waals surface area contributed by atoms with Crippen molar-refractivity contribution in [2.75, 3.05) is 7.11 Å². The smallest absolute Gasteiger partial charge is 0.348 e. The van der Waals surface area contributed by atoms with Crippen molar-refractivity contribution in [3.05, 3.63) is 46.9 Å². The molecule has 0 aliphatic heterocycles. The summed E-state index contributed by atoms with van der Waals surface area (Å²) in [6.45, 7) is 3.79. The van der Waals surface area contributed by atoms with Crippen LogP contribution in [0.5, 0.6) is 0 Å². The first-order chi connectivity index (χ1) is 9.74. The second kappa shape index (κ2) is 4.90. The van der Waals surface area contributed by atoms with Crippen LogP contribution in [-0.2, 0) is 4.74 Å². The fourth-order valence-electron chi connectivity index (χ4n) is 1.97. The van der Waals surface area contributed by atoms with Crippen LogP contribution in [0.15, 0.2) is 37.2 Å². The third-order valence-electron chi connectivity index (χ3n) is 2.89. The number of fused-ring (bicyclic) bond motifs is 1. The van der Waals surface area contributed by atoms with Gasteiger partial charge in [-0.05, 0) is 18.2 Å². The summed E-state index contributed by atoms with van der Waals surface area (Å²) in [5.74, 6) is -0.355. The number of imidazole rings is 1. The second-order valence-corrected chi connectivity index (χ2v) is 5.11. The molecule has 0 fully saturated rings. The van der Waals surface area contributed by atoms with Gasteiger partial charge in [-0.2, -0.15) is 5.10 Å². The minimum absolute atomic E-state index is 0.355. The van der Waals surface area contributed by atoms with Crippen molar-refractivity contribution in [3.63, 3.8) is 0 Å². The van der Waals surface area contributed by atoms with Gasteiger partial charge in [0.2, 0.25) is 0 Å². The van der Waals surface area contributed by atoms with Crippen molar-refractivity contribution in [1.29, 1.82) is 0 Å². The van der Waals surface area contributed by atoms with E-state index >= 15 is 0 Å². The number of ether oxygens (including phenoxy) is 1. The number of carbonyl (C=O) groups is 1. The van der Waals surface area contributed by atoms with E-state index in [4.69, 9.17) is 4.74 Å². The Kier molecular flexibility index (Phi) is 3.08. The van der Waals surface area contributed by atoms with Crippen LogP contribution in [0.4, 0.5) is 0 Å². The fourth-order valence-corrected chi connectivity index (χ4v) is 2.91. The highest BCUT2D eigenvalue weighted by atomic mass is 32.1. The number of hydrogen-bond donors (Lipinski definition) is 0. The number of methoxy groups -OCH3 is 1. The van der Waals surface area contributed by atoms with Gasteiger partial charge in [0.05, 0.1) is 19.0 Å². The van der Waals surface area contributed by atoms with E-state index in [0.717, 1.165) is 21.8 Å². The van der Waals surface area contributed by atoms with E-state index in [2.05, 4.69) is 16.7 Å². The predicted molar refractivity (Wildman–Crippen MR) is 77.7 cm³/mol. The van der Waals surface area contributed by atoms with Crippen molar-refractivity contribution in [3.8, 4) is 11.3 Å². The van der Waals surface area contributed by atoms with Gasteiger partial charge in [0.15, 0.2) is 5.65 Å². The molecule has 0 bridgehead atoms. The summed E-state index contributed by atoms with van der Waals surface area (Å²) in [5.41, 5.74) is 2.45. The van der Waals surface area contributed by atoms with E-state index in [1.165, 1.54) is 18.4 Å². The lowest BCUT2D eigenvalue weighted by Crippen LogP contribution is -1.97. The Morgan fingerprint density at radius 1 is 1.55 bits per heavy atom. The Morgan fingerprint density at radius 2 is 2.40 bits per heavy atom. The molecule has 0 amide bonds. The zero-order chi connectivity index (χ0) is 14.1. The highest BCUT2D eigenvalue weighted by Gasteiger charge is 2.17. The van der Waals surface area contributed by atoms with Gasteiger partial charge in [-0.3, -0.25) is 0 Å². The largest absolute Gasteiger partial charge is 0.465 e. The first-order valence-electron chi connectivity index (χ1n) is 5.88. The highest BCUT2D eigenvalue weighted by Crippen LogP contribution is 2.32. The molecule has 0 spiro atoms. The molecule has 0 N–H and O–H groups in total. The predicted octanol–water partition coefficient (Wildman–Crippen LogP) is 2.89. The van der Waals surface area contributed by atoms with Crippen molar-refractivity contribution in [2.45, 2.75) is 0 Å². The summed E-state index contributed by atoms with van der Waals surface area (Å²) in [7, 11) is 1.37. The molecule has 6 heteroatoms. The van der Waals surface area contributed by atoms with E-state index in [1.807, 2.05) is 12.1 Å². The number of aromatic nitrogens is 3. The van der Waals surface area contributed by atoms with Gasteiger partial charge in [-0.15, -0.1) is 11.3 Å². The van der Waals surface area contributed by atoms with Crippen LogP contribution in [0, 0.1) is 0 Å². The second-order valence-electron chi connectivity index (χ2n) is 4.02. The molecule has 0 aromatic carbocycles. The van der Waals surface area contributed by atoms with E-state index in [0.29, 0.717) is 4.88 Å². The molecule has 3 heterocycles. The third-order valence-corrected chi connectivity index (χ3v) is 4.00. The minimum atomic E-state index is -0.355. The molecule has 0 atom stereocenters. The van der Waals surface area contributed by atoms with Gasteiger partial charge in [0.25, 0.3) is 0 Å². The molecule has 0 unspecified atom stereocenters. The monoisotopic (exact) mass is 285 g/mol. The summed E-state index contributed by atoms with van der Waals surface area (Å²) in [6, 6.07) is 5.48. The maximum Gasteiger partial charge on any atom is 0.348 e. The Balaban J connectivity index is 2.21. The average Bonchev–Trinajstić information content (AvgIpc) is 3.09. The SMILES string of the molecule is C=Cc1sc(C(=O)OC)cc1-c1cnc2cccnn12. The van der Waals surface area contributed by atoms with E-state index < -0.39 is 0 Å². The maximum absolute atomic E-state index is 11.6. The van der Waals surface area contributed by atoms with Gasteiger partial charge in [-0.1, -0.05) is 12.7 Å². The first-order valence-corrected chi connectivity index (χ1v) is 6.70. The lowest BCUT2D eigenvalue weighted by Gasteiger charge is -1.99. The molecule has 20 heavy (non-hydrogen) atoms. The molecular weight excluding hydrogens is 274 g/mol. The van der Waals surface area contributed by atoms with Crippen molar-refractivity contribution in [1.82, 2.24) is 14.6 Å². The molecule has 0 radical (unpaired) electrons. The first kappa shape index (κ1) is 12.6. The molecule has 100 valence electrons. The third kappa shape index (κ3) is 1.90. The number of esters is 1. The topological polar surface area (TPSA) is 56.5 Å². The fraction of sp³-hybridized carbons (Fsp3) is 0.0714. The van der Waals surface area contributed by atoms with Crippen LogP contribution in [0.25, 0.3) is 23.0 Å². The van der Waals surface area contributed by atoms with Crippen molar-refractivity contribution < 1.29 is 9.53 Å². The molecule has 3 aromatic heterocycles. The van der Waals surface area contributed by atoms with E-state index in [-0.39, 0.29) is 5.97 Å². The summed E-state index contributed by atoms with van der Waals surface area (Å²) in [4.78, 5) is 17.4. The van der Waals surface area contributed by atoms with Crippen LogP contribution in [0.1, 0.15) is 14.5 Å². The van der Waals surface area contributed by atoms with Gasteiger partial charge >= 0.3 is 5.97 Å². The molecule has 0 aliphatic carbocycles. The van der Waals surface area contributed by atoms with Crippen LogP contribution >= 0.6 is 11.3 Å². The Hall–Kier alpha value is -2.47. The quantitative estimate of drug-likeness (QED) is 0.694. The van der Waals surface area contributed by atoms with Crippen LogP contribution < -0.4 is 0 Å². The Morgan fingerprint density at radius 3 is 3.15 bits per heavy atom. The summed E-state index contributed by atoms with van der Waals surface area (Å²) in [6.07, 6.45) is 5.15. The summed E-state index contributed by atoms with van der Waals surface area (Å²) in [5, 5.41) is 4.28. The molecule has 5 nitrogen and oxygen atoms in total. The molecular formula is C14H11N3O2S. The molecule has 3 rings (SSSR count). The summed E-state index contributed by atoms with van der Waals surface area (Å²) >= 11 is 1.34. The lowest BCUT2D eigenvalue weighted by atomic mass is 10.2. The number of nitrogens with zero attached hydrogens (tertiary/aromatic N) is 3. The standard InChI is InChI=1S/C14H11N3O2S/c1-3-11-9(7-12(20-11)14(18)19-2)10-8-15-13-5-4-6-16-17(10)13/h3-8H,1H2,2H3. The van der Waals surface area contributed by atoms with Crippen LogP contribution in [0.3, 0.4) is 0 Å². The maximum atomic E-state index is 11.6.